The van der Waals surface area contributed by atoms with Gasteiger partial charge in [0.1, 0.15) is 0 Å². The number of nitro groups is 1. The summed E-state index contributed by atoms with van der Waals surface area (Å²) < 4.78 is 5.72. The van der Waals surface area contributed by atoms with Gasteiger partial charge in [-0.1, -0.05) is 15.9 Å². The molecule has 0 atom stereocenters. The lowest BCUT2D eigenvalue weighted by atomic mass is 10.2. The molecule has 0 saturated carbocycles. The van der Waals surface area contributed by atoms with E-state index >= 15 is 0 Å². The molecule has 0 spiro atoms. The van der Waals surface area contributed by atoms with Crippen molar-refractivity contribution in [1.82, 2.24) is 5.43 Å². The molecule has 124 valence electrons. The van der Waals surface area contributed by atoms with Crippen LogP contribution in [0.2, 0.25) is 0 Å². The molecule has 2 rings (SSSR count). The lowest BCUT2D eigenvalue weighted by molar-refractivity contribution is -0.386. The molecular weight excluding hydrogens is 382 g/mol. The highest BCUT2D eigenvalue weighted by Gasteiger charge is 2.19. The van der Waals surface area contributed by atoms with Crippen molar-refractivity contribution >= 4 is 33.7 Å². The molecule has 8 nitrogen and oxygen atoms in total. The number of phenolic OH excluding ortho intramolecular Hbond substituents is 1. The summed E-state index contributed by atoms with van der Waals surface area (Å²) in [7, 11) is 1.27. The summed E-state index contributed by atoms with van der Waals surface area (Å²) in [6.45, 7) is 0. The Kier molecular flexibility index (Phi) is 5.48. The molecule has 0 bridgehead atoms. The van der Waals surface area contributed by atoms with Gasteiger partial charge >= 0.3 is 5.69 Å². The number of halogens is 1. The molecule has 0 unspecified atom stereocenters. The maximum atomic E-state index is 11.9. The monoisotopic (exact) mass is 393 g/mol. The second-order valence-corrected chi connectivity index (χ2v) is 5.47. The van der Waals surface area contributed by atoms with Gasteiger partial charge in [0.15, 0.2) is 5.75 Å². The van der Waals surface area contributed by atoms with Crippen LogP contribution < -0.4 is 10.2 Å². The zero-order chi connectivity index (χ0) is 17.7. The predicted molar refractivity (Wildman–Crippen MR) is 90.5 cm³/mol. The van der Waals surface area contributed by atoms with Crippen LogP contribution in [-0.2, 0) is 0 Å². The zero-order valence-electron chi connectivity index (χ0n) is 12.4. The van der Waals surface area contributed by atoms with Gasteiger partial charge in [0.2, 0.25) is 5.75 Å². The largest absolute Gasteiger partial charge is 0.500 e. The first-order valence-corrected chi connectivity index (χ1v) is 7.36. The van der Waals surface area contributed by atoms with Gasteiger partial charge in [-0.15, -0.1) is 0 Å². The summed E-state index contributed by atoms with van der Waals surface area (Å²) in [5.41, 5.74) is 2.48. The van der Waals surface area contributed by atoms with Crippen molar-refractivity contribution in [1.29, 1.82) is 0 Å². The number of hydrogen-bond acceptors (Lipinski definition) is 6. The van der Waals surface area contributed by atoms with Gasteiger partial charge in [-0.3, -0.25) is 14.9 Å². The van der Waals surface area contributed by atoms with Crippen LogP contribution >= 0.6 is 15.9 Å². The summed E-state index contributed by atoms with van der Waals surface area (Å²) in [5.74, 6) is -1.07. The number of phenols is 1. The number of amides is 1. The van der Waals surface area contributed by atoms with Gasteiger partial charge < -0.3 is 9.84 Å². The molecule has 0 saturated heterocycles. The van der Waals surface area contributed by atoms with E-state index in [0.29, 0.717) is 5.56 Å². The summed E-state index contributed by atoms with van der Waals surface area (Å²) in [6, 6.07) is 9.14. The molecule has 2 aromatic carbocycles. The Morgan fingerprint density at radius 1 is 1.38 bits per heavy atom. The van der Waals surface area contributed by atoms with Gasteiger partial charge in [0.25, 0.3) is 5.91 Å². The van der Waals surface area contributed by atoms with E-state index in [2.05, 4.69) is 26.5 Å². The Hall–Kier alpha value is -2.94. The minimum atomic E-state index is -0.740. The number of carbonyl (C=O) groups excluding carboxylic acids is 1. The second kappa shape index (κ2) is 7.55. The topological polar surface area (TPSA) is 114 Å². The van der Waals surface area contributed by atoms with Crippen LogP contribution in [0.25, 0.3) is 0 Å². The molecule has 0 aliphatic carbocycles. The van der Waals surface area contributed by atoms with Crippen LogP contribution in [-0.4, -0.2) is 29.3 Å². The number of rotatable bonds is 5. The quantitative estimate of drug-likeness (QED) is 0.460. The van der Waals surface area contributed by atoms with E-state index in [1.54, 1.807) is 24.3 Å². The summed E-state index contributed by atoms with van der Waals surface area (Å²) in [6.07, 6.45) is 1.21. The zero-order valence-corrected chi connectivity index (χ0v) is 14.0. The molecule has 0 heterocycles. The third-order valence-corrected chi connectivity index (χ3v) is 3.51. The van der Waals surface area contributed by atoms with Crippen LogP contribution in [0.3, 0.4) is 0 Å². The van der Waals surface area contributed by atoms with E-state index in [4.69, 9.17) is 4.74 Å². The predicted octanol–water partition coefficient (Wildman–Crippen LogP) is 2.84. The molecular formula is C15H12BrN3O5. The van der Waals surface area contributed by atoms with Crippen molar-refractivity contribution < 1.29 is 19.6 Å². The first kappa shape index (κ1) is 17.4. The fraction of sp³-hybridized carbons (Fsp3) is 0.0667. The fourth-order valence-electron chi connectivity index (χ4n) is 1.81. The summed E-state index contributed by atoms with van der Waals surface area (Å²) in [5, 5.41) is 24.3. The number of benzene rings is 2. The molecule has 1 amide bonds. The van der Waals surface area contributed by atoms with Gasteiger partial charge in [0, 0.05) is 21.7 Å². The number of aromatic hydroxyl groups is 1. The standard InChI is InChI=1S/C15H12BrN3O5/c1-24-13-7-9(6-12(14(13)20)19(22)23)8-17-18-15(21)10-2-4-11(16)5-3-10/h2-8,20H,1H3,(H,18,21). The number of hydrazone groups is 1. The molecule has 0 aliphatic rings. The van der Waals surface area contributed by atoms with Crippen LogP contribution in [0, 0.1) is 10.1 Å². The van der Waals surface area contributed by atoms with Gasteiger partial charge in [0.05, 0.1) is 18.2 Å². The van der Waals surface area contributed by atoms with Crippen molar-refractivity contribution in [2.45, 2.75) is 0 Å². The van der Waals surface area contributed by atoms with Gasteiger partial charge in [-0.2, -0.15) is 5.10 Å². The lowest BCUT2D eigenvalue weighted by Gasteiger charge is -2.05. The maximum Gasteiger partial charge on any atom is 0.315 e. The number of carbonyl (C=O) groups is 1. The first-order chi connectivity index (χ1) is 11.4. The Bertz CT molecular complexity index is 806. The number of methoxy groups -OCH3 is 1. The number of hydrogen-bond donors (Lipinski definition) is 2. The van der Waals surface area contributed by atoms with Crippen molar-refractivity contribution in [2.24, 2.45) is 5.10 Å². The van der Waals surface area contributed by atoms with Crippen LogP contribution in [0.15, 0.2) is 46.0 Å². The van der Waals surface area contributed by atoms with Crippen LogP contribution in [0.5, 0.6) is 11.5 Å². The van der Waals surface area contributed by atoms with Crippen LogP contribution in [0.1, 0.15) is 15.9 Å². The number of nitrogens with one attached hydrogen (secondary N) is 1. The van der Waals surface area contributed by atoms with Crippen LogP contribution in [0.4, 0.5) is 5.69 Å². The highest BCUT2D eigenvalue weighted by molar-refractivity contribution is 9.10. The average molecular weight is 394 g/mol. The minimum absolute atomic E-state index is 0.0649. The molecule has 0 aromatic heterocycles. The normalized spacial score (nSPS) is 10.6. The van der Waals surface area contributed by atoms with E-state index in [1.165, 1.54) is 19.4 Å². The summed E-state index contributed by atoms with van der Waals surface area (Å²) in [4.78, 5) is 22.1. The van der Waals surface area contributed by atoms with E-state index in [1.807, 2.05) is 0 Å². The highest BCUT2D eigenvalue weighted by atomic mass is 79.9. The number of nitrogens with zero attached hydrogens (tertiary/aromatic N) is 2. The van der Waals surface area contributed by atoms with E-state index < -0.39 is 22.3 Å². The fourth-order valence-corrected chi connectivity index (χ4v) is 2.08. The SMILES string of the molecule is COc1cc(C=NNC(=O)c2ccc(Br)cc2)cc([N+](=O)[O-])c1O. The summed E-state index contributed by atoms with van der Waals surface area (Å²) >= 11 is 3.27. The molecule has 9 heteroatoms. The van der Waals surface area contributed by atoms with Gasteiger partial charge in [-0.25, -0.2) is 5.43 Å². The first-order valence-electron chi connectivity index (χ1n) is 6.56. The smallest absolute Gasteiger partial charge is 0.315 e. The molecule has 2 N–H and O–H groups in total. The maximum absolute atomic E-state index is 11.9. The van der Waals surface area contributed by atoms with Crippen molar-refractivity contribution in [3.05, 3.63) is 62.1 Å². The van der Waals surface area contributed by atoms with Crippen molar-refractivity contribution in [2.75, 3.05) is 7.11 Å². The third-order valence-electron chi connectivity index (χ3n) is 2.98. The van der Waals surface area contributed by atoms with Crippen molar-refractivity contribution in [3.8, 4) is 11.5 Å². The number of ether oxygens (including phenoxy) is 1. The van der Waals surface area contributed by atoms with Crippen molar-refractivity contribution in [3.63, 3.8) is 0 Å². The minimum Gasteiger partial charge on any atom is -0.500 e. The third kappa shape index (κ3) is 4.07. The molecule has 24 heavy (non-hydrogen) atoms. The van der Waals surface area contributed by atoms with E-state index in [-0.39, 0.29) is 11.3 Å². The number of nitro benzene ring substituents is 1. The molecule has 0 fully saturated rings. The molecule has 2 aromatic rings. The second-order valence-electron chi connectivity index (χ2n) is 4.55. The van der Waals surface area contributed by atoms with E-state index in [9.17, 15) is 20.0 Å². The Morgan fingerprint density at radius 2 is 2.04 bits per heavy atom. The highest BCUT2D eigenvalue weighted by Crippen LogP contribution is 2.36. The van der Waals surface area contributed by atoms with Gasteiger partial charge in [-0.05, 0) is 30.3 Å². The average Bonchev–Trinajstić information content (AvgIpc) is 2.56. The lowest BCUT2D eigenvalue weighted by Crippen LogP contribution is -2.17. The van der Waals surface area contributed by atoms with E-state index in [0.717, 1.165) is 10.5 Å². The molecule has 0 aliphatic heterocycles. The molecule has 0 radical (unpaired) electrons. The Morgan fingerprint density at radius 3 is 2.62 bits per heavy atom. The Labute approximate surface area is 145 Å². The Balaban J connectivity index is 2.16.